The third-order valence-corrected chi connectivity index (χ3v) is 10.4. The van der Waals surface area contributed by atoms with E-state index in [2.05, 4.69) is 4.90 Å². The van der Waals surface area contributed by atoms with Gasteiger partial charge in [0.15, 0.2) is 0 Å². The summed E-state index contributed by atoms with van der Waals surface area (Å²) in [6.07, 6.45) is 2.88. The Morgan fingerprint density at radius 2 is 1.77 bits per heavy atom. The van der Waals surface area contributed by atoms with Crippen molar-refractivity contribution in [3.8, 4) is 5.75 Å². The lowest BCUT2D eigenvalue weighted by Crippen LogP contribution is -2.49. The first-order chi connectivity index (χ1) is 18.8. The highest BCUT2D eigenvalue weighted by molar-refractivity contribution is 7.89. The van der Waals surface area contributed by atoms with Gasteiger partial charge in [0.1, 0.15) is 18.2 Å². The van der Waals surface area contributed by atoms with Crippen LogP contribution in [-0.2, 0) is 21.2 Å². The summed E-state index contributed by atoms with van der Waals surface area (Å²) < 4.78 is 48.0. The molecule has 2 aliphatic heterocycles. The number of amides is 1. The van der Waals surface area contributed by atoms with Gasteiger partial charge < -0.3 is 14.5 Å². The van der Waals surface area contributed by atoms with Crippen LogP contribution in [0, 0.1) is 5.82 Å². The predicted molar refractivity (Wildman–Crippen MR) is 150 cm³/mol. The van der Waals surface area contributed by atoms with Crippen LogP contribution in [0.2, 0.25) is 5.02 Å². The van der Waals surface area contributed by atoms with Crippen molar-refractivity contribution in [2.75, 3.05) is 45.9 Å². The van der Waals surface area contributed by atoms with Gasteiger partial charge in [0.25, 0.3) is 0 Å². The van der Waals surface area contributed by atoms with Crippen LogP contribution in [0.3, 0.4) is 0 Å². The predicted octanol–water partition coefficient (Wildman–Crippen LogP) is 4.83. The van der Waals surface area contributed by atoms with Crippen LogP contribution < -0.4 is 4.74 Å². The van der Waals surface area contributed by atoms with Gasteiger partial charge in [0, 0.05) is 29.5 Å². The zero-order chi connectivity index (χ0) is 27.4. The third kappa shape index (κ3) is 6.63. The van der Waals surface area contributed by atoms with E-state index in [1.54, 1.807) is 40.5 Å². The zero-order valence-corrected chi connectivity index (χ0v) is 23.9. The lowest BCUT2D eigenvalue weighted by Gasteiger charge is -2.37. The van der Waals surface area contributed by atoms with Crippen LogP contribution in [0.1, 0.15) is 29.3 Å². The largest absolute Gasteiger partial charge is 0.491 e. The van der Waals surface area contributed by atoms with Crippen molar-refractivity contribution in [2.45, 2.75) is 30.2 Å². The van der Waals surface area contributed by atoms with Crippen LogP contribution in [0.25, 0.3) is 0 Å². The number of nitrogens with zero attached hydrogens (tertiary/aromatic N) is 3. The third-order valence-electron chi connectivity index (χ3n) is 7.26. The Kier molecular flexibility index (Phi) is 8.88. The van der Waals surface area contributed by atoms with Crippen LogP contribution in [0.5, 0.6) is 5.75 Å². The van der Waals surface area contributed by atoms with Gasteiger partial charge in [0.05, 0.1) is 17.5 Å². The highest BCUT2D eigenvalue weighted by atomic mass is 35.5. The number of fused-ring (bicyclic) bond motifs is 1. The van der Waals surface area contributed by atoms with Crippen molar-refractivity contribution in [3.05, 3.63) is 81.3 Å². The van der Waals surface area contributed by atoms with Crippen molar-refractivity contribution in [2.24, 2.45) is 0 Å². The molecule has 208 valence electrons. The number of sulfonamides is 1. The maximum Gasteiger partial charge on any atom is 0.243 e. The fourth-order valence-corrected chi connectivity index (χ4v) is 7.56. The van der Waals surface area contributed by atoms with E-state index in [1.165, 1.54) is 33.4 Å². The van der Waals surface area contributed by atoms with Crippen LogP contribution in [0.4, 0.5) is 4.39 Å². The zero-order valence-electron chi connectivity index (χ0n) is 21.5. The standard InChI is InChI=1S/C28H31ClFN3O4S2/c29-21-3-9-24(10-4-21)39(35,36)32(17-16-31-13-1-2-14-31)19-28(34)33-15-11-27-25(12-18-38-27)26(33)20-37-23-7-5-22(30)6-8-23/h3-10,12,18,26H,1-2,11,13-17,19-20H2/t26-/m0/s1. The number of ether oxygens (including phenoxy) is 1. The number of hydrogen-bond acceptors (Lipinski definition) is 6. The molecule has 0 aliphatic carbocycles. The lowest BCUT2D eigenvalue weighted by molar-refractivity contribution is -0.135. The summed E-state index contributed by atoms with van der Waals surface area (Å²) in [6.45, 7) is 3.00. The van der Waals surface area contributed by atoms with Crippen molar-refractivity contribution >= 4 is 38.9 Å². The summed E-state index contributed by atoms with van der Waals surface area (Å²) in [5.74, 6) is -0.130. The van der Waals surface area contributed by atoms with Gasteiger partial charge in [0.2, 0.25) is 15.9 Å². The van der Waals surface area contributed by atoms with E-state index in [-0.39, 0.29) is 42.4 Å². The second-order valence-corrected chi connectivity index (χ2v) is 13.1. The molecule has 0 radical (unpaired) electrons. The second-order valence-electron chi connectivity index (χ2n) is 9.76. The number of rotatable bonds is 10. The quantitative estimate of drug-likeness (QED) is 0.338. The highest BCUT2D eigenvalue weighted by Crippen LogP contribution is 2.34. The number of carbonyl (C=O) groups excluding carboxylic acids is 1. The normalized spacial score (nSPS) is 17.9. The molecular weight excluding hydrogens is 561 g/mol. The molecule has 1 saturated heterocycles. The molecule has 1 fully saturated rings. The topological polar surface area (TPSA) is 70.2 Å². The molecule has 1 aromatic heterocycles. The van der Waals surface area contributed by atoms with Crippen molar-refractivity contribution in [3.63, 3.8) is 0 Å². The summed E-state index contributed by atoms with van der Waals surface area (Å²) in [5.41, 5.74) is 1.01. The first-order valence-corrected chi connectivity index (χ1v) is 15.7. The molecule has 11 heteroatoms. The molecule has 1 atom stereocenters. The minimum atomic E-state index is -3.93. The second kappa shape index (κ2) is 12.3. The first kappa shape index (κ1) is 28.0. The summed E-state index contributed by atoms with van der Waals surface area (Å²) in [4.78, 5) is 19.1. The number of benzene rings is 2. The van der Waals surface area contributed by atoms with Gasteiger partial charge in [-0.3, -0.25) is 4.79 Å². The van der Waals surface area contributed by atoms with Crippen molar-refractivity contribution in [1.82, 2.24) is 14.1 Å². The Hall–Kier alpha value is -2.50. The maximum atomic E-state index is 13.8. The molecule has 3 aromatic rings. The van der Waals surface area contributed by atoms with E-state index in [0.717, 1.165) is 31.5 Å². The number of hydrogen-bond donors (Lipinski definition) is 0. The van der Waals surface area contributed by atoms with E-state index in [0.29, 0.717) is 30.3 Å². The van der Waals surface area contributed by atoms with E-state index in [9.17, 15) is 17.6 Å². The molecule has 0 saturated carbocycles. The molecule has 0 unspecified atom stereocenters. The van der Waals surface area contributed by atoms with E-state index in [4.69, 9.17) is 16.3 Å². The summed E-state index contributed by atoms with van der Waals surface area (Å²) in [6, 6.07) is 13.4. The van der Waals surface area contributed by atoms with Crippen molar-refractivity contribution in [1.29, 1.82) is 0 Å². The molecule has 0 bridgehead atoms. The van der Waals surface area contributed by atoms with Gasteiger partial charge >= 0.3 is 0 Å². The molecule has 5 rings (SSSR count). The fraction of sp³-hybridized carbons (Fsp3) is 0.393. The van der Waals surface area contributed by atoms with Gasteiger partial charge in [-0.05, 0) is 97.9 Å². The van der Waals surface area contributed by atoms with Gasteiger partial charge in [-0.1, -0.05) is 11.6 Å². The van der Waals surface area contributed by atoms with E-state index in [1.807, 2.05) is 11.4 Å². The summed E-state index contributed by atoms with van der Waals surface area (Å²) in [5, 5.41) is 2.44. The molecule has 2 aliphatic rings. The lowest BCUT2D eigenvalue weighted by atomic mass is 10.0. The van der Waals surface area contributed by atoms with E-state index >= 15 is 0 Å². The Bertz CT molecular complexity index is 1380. The number of likely N-dealkylation sites (tertiary alicyclic amines) is 1. The molecule has 3 heterocycles. The number of carbonyl (C=O) groups is 1. The minimum absolute atomic E-state index is 0.107. The molecular formula is C28H31ClFN3O4S2. The Balaban J connectivity index is 1.36. The molecule has 2 aromatic carbocycles. The molecule has 0 N–H and O–H groups in total. The van der Waals surface area contributed by atoms with E-state index < -0.39 is 10.0 Å². The minimum Gasteiger partial charge on any atom is -0.491 e. The smallest absolute Gasteiger partial charge is 0.243 e. The molecule has 1 amide bonds. The molecule has 0 spiro atoms. The Labute approximate surface area is 237 Å². The maximum absolute atomic E-state index is 13.8. The number of thiophene rings is 1. The SMILES string of the molecule is O=C(CN(CCN1CCCC1)S(=O)(=O)c1ccc(Cl)cc1)N1CCc2sccc2[C@@H]1COc1ccc(F)cc1. The van der Waals surface area contributed by atoms with Crippen molar-refractivity contribution < 1.29 is 22.3 Å². The monoisotopic (exact) mass is 591 g/mol. The first-order valence-electron chi connectivity index (χ1n) is 13.0. The Morgan fingerprint density at radius 3 is 2.49 bits per heavy atom. The average Bonchev–Trinajstić information content (AvgIpc) is 3.63. The summed E-state index contributed by atoms with van der Waals surface area (Å²) >= 11 is 7.64. The summed E-state index contributed by atoms with van der Waals surface area (Å²) in [7, 11) is -3.93. The number of halogens is 2. The van der Waals surface area contributed by atoms with Crippen LogP contribution in [0.15, 0.2) is 64.9 Å². The van der Waals surface area contributed by atoms with Crippen LogP contribution in [-0.4, -0.2) is 74.3 Å². The van der Waals surface area contributed by atoms with Gasteiger partial charge in [-0.25, -0.2) is 12.8 Å². The average molecular weight is 592 g/mol. The Morgan fingerprint density at radius 1 is 1.05 bits per heavy atom. The van der Waals surface area contributed by atoms with Gasteiger partial charge in [-0.15, -0.1) is 11.3 Å². The fourth-order valence-electron chi connectivity index (χ4n) is 5.12. The highest BCUT2D eigenvalue weighted by Gasteiger charge is 2.35. The molecule has 39 heavy (non-hydrogen) atoms. The van der Waals surface area contributed by atoms with Gasteiger partial charge in [-0.2, -0.15) is 4.31 Å². The molecule has 7 nitrogen and oxygen atoms in total. The van der Waals surface area contributed by atoms with Crippen LogP contribution >= 0.6 is 22.9 Å².